The number of aromatic nitrogens is 4. The van der Waals surface area contributed by atoms with E-state index in [2.05, 4.69) is 56.6 Å². The van der Waals surface area contributed by atoms with E-state index in [9.17, 15) is 0 Å². The second-order valence-corrected chi connectivity index (χ2v) is 15.0. The Balaban J connectivity index is 1.96. The third-order valence-electron chi connectivity index (χ3n) is 6.61. The van der Waals surface area contributed by atoms with Gasteiger partial charge in [-0.05, 0) is 35.4 Å². The second-order valence-electron chi connectivity index (χ2n) is 9.14. The van der Waals surface area contributed by atoms with Crippen molar-refractivity contribution in [1.82, 2.24) is 19.7 Å². The Morgan fingerprint density at radius 2 is 1.72 bits per heavy atom. The van der Waals surface area contributed by atoms with Crippen molar-refractivity contribution in [3.05, 3.63) is 17.5 Å². The first kappa shape index (κ1) is 22.7. The van der Waals surface area contributed by atoms with Gasteiger partial charge in [0.15, 0.2) is 14.0 Å². The van der Waals surface area contributed by atoms with Crippen LogP contribution in [0.1, 0.15) is 60.4 Å². The molecule has 0 aliphatic carbocycles. The van der Waals surface area contributed by atoms with E-state index < -0.39 is 8.32 Å². The summed E-state index contributed by atoms with van der Waals surface area (Å²) >= 11 is 6.15. The largest absolute Gasteiger partial charge is 0.414 e. The van der Waals surface area contributed by atoms with Crippen LogP contribution in [0, 0.1) is 5.92 Å². The van der Waals surface area contributed by atoms with E-state index in [-0.39, 0.29) is 6.04 Å². The summed E-state index contributed by atoms with van der Waals surface area (Å²) in [7, 11) is -1.98. The minimum absolute atomic E-state index is 0.104. The molecule has 0 amide bonds. The molecule has 1 aliphatic heterocycles. The maximum atomic E-state index is 6.99. The fourth-order valence-electron chi connectivity index (χ4n) is 5.28. The van der Waals surface area contributed by atoms with Crippen LogP contribution in [0.3, 0.4) is 0 Å². The zero-order valence-corrected chi connectivity index (χ0v) is 20.3. The molecule has 1 saturated heterocycles. The summed E-state index contributed by atoms with van der Waals surface area (Å²) in [6.07, 6.45) is 5.36. The van der Waals surface area contributed by atoms with Crippen LogP contribution < -0.4 is 0 Å². The summed E-state index contributed by atoms with van der Waals surface area (Å²) in [5.41, 5.74) is 3.14. The smallest absolute Gasteiger partial charge is 0.200 e. The fraction of sp³-hybridized carbons (Fsp3) is 0.762. The lowest BCUT2D eigenvalue weighted by Crippen LogP contribution is -2.49. The van der Waals surface area contributed by atoms with Gasteiger partial charge in [-0.25, -0.2) is 14.6 Å². The van der Waals surface area contributed by atoms with Crippen molar-refractivity contribution in [1.29, 1.82) is 0 Å². The average Bonchev–Trinajstić information content (AvgIpc) is 3.08. The maximum Gasteiger partial charge on any atom is 0.200 e. The first-order valence-electron chi connectivity index (χ1n) is 10.8. The predicted molar refractivity (Wildman–Crippen MR) is 120 cm³/mol. The Labute approximate surface area is 180 Å². The fourth-order valence-corrected chi connectivity index (χ4v) is 10.9. The highest BCUT2D eigenvalue weighted by molar-refractivity contribution is 6.77. The van der Waals surface area contributed by atoms with Crippen molar-refractivity contribution in [2.75, 3.05) is 19.8 Å². The van der Waals surface area contributed by atoms with Crippen molar-refractivity contribution in [3.63, 3.8) is 0 Å². The van der Waals surface area contributed by atoms with Crippen LogP contribution in [0.5, 0.6) is 0 Å². The predicted octanol–water partition coefficient (Wildman–Crippen LogP) is 5.64. The lowest BCUT2D eigenvalue weighted by atomic mass is 9.92. The molecule has 29 heavy (non-hydrogen) atoms. The number of nitrogens with zero attached hydrogens (tertiary/aromatic N) is 4. The standard InChI is InChI=1S/C21H35ClN4O2Si/c1-14(2)29(15(3)4,16(5)6)28-13-19(17-7-9-27-10-8-17)26-21-18(11-24-26)23-12-20(22)25-21/h11-12,14-17,19H,7-10,13H2,1-6H3/t19-/m0/s1. The number of rotatable bonds is 8. The van der Waals surface area contributed by atoms with Crippen LogP contribution >= 0.6 is 11.6 Å². The zero-order chi connectivity index (χ0) is 21.2. The molecule has 0 N–H and O–H groups in total. The highest BCUT2D eigenvalue weighted by Gasteiger charge is 2.46. The molecule has 0 bridgehead atoms. The van der Waals surface area contributed by atoms with E-state index in [0.717, 1.165) is 37.2 Å². The molecule has 6 nitrogen and oxygen atoms in total. The molecule has 3 rings (SSSR count). The lowest BCUT2D eigenvalue weighted by molar-refractivity contribution is 0.0354. The van der Waals surface area contributed by atoms with Gasteiger partial charge < -0.3 is 9.16 Å². The van der Waals surface area contributed by atoms with Crippen molar-refractivity contribution >= 4 is 31.1 Å². The average molecular weight is 439 g/mol. The van der Waals surface area contributed by atoms with E-state index >= 15 is 0 Å². The van der Waals surface area contributed by atoms with Gasteiger partial charge in [0.1, 0.15) is 10.7 Å². The third kappa shape index (κ3) is 4.53. The molecule has 0 aromatic carbocycles. The minimum Gasteiger partial charge on any atom is -0.414 e. The Morgan fingerprint density at radius 3 is 2.31 bits per heavy atom. The molecule has 0 spiro atoms. The first-order valence-corrected chi connectivity index (χ1v) is 13.4. The lowest BCUT2D eigenvalue weighted by Gasteiger charge is -2.43. The molecule has 162 valence electrons. The van der Waals surface area contributed by atoms with Crippen molar-refractivity contribution in [2.24, 2.45) is 5.92 Å². The quantitative estimate of drug-likeness (QED) is 0.499. The Bertz CT molecular complexity index is 783. The van der Waals surface area contributed by atoms with Gasteiger partial charge in [-0.2, -0.15) is 5.10 Å². The Hall–Kier alpha value is -1.02. The summed E-state index contributed by atoms with van der Waals surface area (Å²) in [6, 6.07) is 0.104. The highest BCUT2D eigenvalue weighted by atomic mass is 35.5. The molecular formula is C21H35ClN4O2Si. The van der Waals surface area contributed by atoms with Crippen LogP contribution in [0.25, 0.3) is 11.2 Å². The molecule has 2 aromatic rings. The molecule has 1 fully saturated rings. The van der Waals surface area contributed by atoms with Crippen molar-refractivity contribution in [2.45, 2.75) is 77.0 Å². The van der Waals surface area contributed by atoms with Crippen molar-refractivity contribution in [3.8, 4) is 0 Å². The van der Waals surface area contributed by atoms with Gasteiger partial charge in [-0.3, -0.25) is 0 Å². The van der Waals surface area contributed by atoms with E-state index in [1.54, 1.807) is 12.4 Å². The van der Waals surface area contributed by atoms with Gasteiger partial charge in [0.25, 0.3) is 0 Å². The van der Waals surface area contributed by atoms with Gasteiger partial charge in [-0.15, -0.1) is 0 Å². The molecule has 2 aromatic heterocycles. The Kier molecular flexibility index (Phi) is 7.35. The van der Waals surface area contributed by atoms with Gasteiger partial charge in [-0.1, -0.05) is 53.1 Å². The van der Waals surface area contributed by atoms with Gasteiger partial charge in [0.2, 0.25) is 0 Å². The Morgan fingerprint density at radius 1 is 1.10 bits per heavy atom. The minimum atomic E-state index is -1.98. The van der Waals surface area contributed by atoms with Crippen LogP contribution in [0.15, 0.2) is 12.4 Å². The molecule has 1 aliphatic rings. The van der Waals surface area contributed by atoms with E-state index in [4.69, 9.17) is 20.8 Å². The van der Waals surface area contributed by atoms with Crippen LogP contribution in [0.2, 0.25) is 21.8 Å². The van der Waals surface area contributed by atoms with Gasteiger partial charge in [0.05, 0.1) is 25.0 Å². The summed E-state index contributed by atoms with van der Waals surface area (Å²) in [6.45, 7) is 16.2. The molecule has 8 heteroatoms. The van der Waals surface area contributed by atoms with E-state index in [0.29, 0.717) is 34.3 Å². The summed E-state index contributed by atoms with van der Waals surface area (Å²) in [4.78, 5) is 8.92. The van der Waals surface area contributed by atoms with Crippen LogP contribution in [-0.4, -0.2) is 47.9 Å². The van der Waals surface area contributed by atoms with Crippen LogP contribution in [0.4, 0.5) is 0 Å². The number of ether oxygens (including phenoxy) is 1. The molecule has 0 radical (unpaired) electrons. The molecule has 0 unspecified atom stereocenters. The number of hydrogen-bond donors (Lipinski definition) is 0. The zero-order valence-electron chi connectivity index (χ0n) is 18.6. The second kappa shape index (κ2) is 9.41. The van der Waals surface area contributed by atoms with E-state index in [1.165, 1.54) is 0 Å². The summed E-state index contributed by atoms with van der Waals surface area (Å²) in [5.74, 6) is 0.436. The number of hydrogen-bond acceptors (Lipinski definition) is 5. The number of halogens is 1. The van der Waals surface area contributed by atoms with Gasteiger partial charge in [0, 0.05) is 13.2 Å². The van der Waals surface area contributed by atoms with Crippen LogP contribution in [-0.2, 0) is 9.16 Å². The third-order valence-corrected chi connectivity index (χ3v) is 12.9. The van der Waals surface area contributed by atoms with E-state index in [1.807, 2.05) is 4.68 Å². The molecule has 0 saturated carbocycles. The summed E-state index contributed by atoms with van der Waals surface area (Å²) < 4.78 is 14.6. The number of fused-ring (bicyclic) bond motifs is 1. The first-order chi connectivity index (χ1) is 13.8. The monoisotopic (exact) mass is 438 g/mol. The maximum absolute atomic E-state index is 6.99. The SMILES string of the molecule is CC(C)[Si](OC[C@@H](C1CCOCC1)n1ncc2ncc(Cl)nc21)(C(C)C)C(C)C. The van der Waals surface area contributed by atoms with Crippen molar-refractivity contribution < 1.29 is 9.16 Å². The normalized spacial score (nSPS) is 17.7. The molecular weight excluding hydrogens is 404 g/mol. The topological polar surface area (TPSA) is 62.1 Å². The molecule has 1 atom stereocenters. The molecule has 3 heterocycles. The summed E-state index contributed by atoms with van der Waals surface area (Å²) in [5, 5.41) is 5.06. The highest BCUT2D eigenvalue weighted by Crippen LogP contribution is 2.43. The van der Waals surface area contributed by atoms with Gasteiger partial charge >= 0.3 is 0 Å².